The predicted molar refractivity (Wildman–Crippen MR) is 102 cm³/mol. The maximum Gasteiger partial charge on any atom is 0.334 e. The van der Waals surface area contributed by atoms with Crippen LogP contribution in [0.25, 0.3) is 0 Å². The van der Waals surface area contributed by atoms with Crippen LogP contribution in [0.5, 0.6) is 5.75 Å². The predicted octanol–water partition coefficient (Wildman–Crippen LogP) is 2.66. The Labute approximate surface area is 167 Å². The van der Waals surface area contributed by atoms with Crippen molar-refractivity contribution < 1.29 is 23.9 Å². The zero-order valence-corrected chi connectivity index (χ0v) is 16.5. The Bertz CT molecular complexity index is 828. The smallest absolute Gasteiger partial charge is 0.334 e. The summed E-state index contributed by atoms with van der Waals surface area (Å²) in [5.74, 6) is -1.85. The first-order valence-electron chi connectivity index (χ1n) is 9.16. The highest BCUT2D eigenvalue weighted by atomic mass is 35.5. The molecule has 0 bridgehead atoms. The molecule has 0 unspecified atom stereocenters. The molecular formula is C19H22ClN3O5. The van der Waals surface area contributed by atoms with Crippen LogP contribution < -0.4 is 10.1 Å². The number of nitrogens with one attached hydrogen (secondary N) is 1. The van der Waals surface area contributed by atoms with E-state index in [1.807, 2.05) is 6.92 Å². The third-order valence-corrected chi connectivity index (χ3v) is 5.51. The van der Waals surface area contributed by atoms with Gasteiger partial charge in [-0.2, -0.15) is 0 Å². The third-order valence-electron chi connectivity index (χ3n) is 5.22. The maximum atomic E-state index is 12.7. The number of carbonyl (C=O) groups is 4. The van der Waals surface area contributed by atoms with Gasteiger partial charge in [0.2, 0.25) is 5.91 Å². The molecule has 8 nitrogen and oxygen atoms in total. The molecule has 1 aliphatic heterocycles. The number of halogens is 1. The number of urea groups is 1. The molecule has 1 aliphatic carbocycles. The van der Waals surface area contributed by atoms with Crippen LogP contribution in [0.15, 0.2) is 18.2 Å². The minimum atomic E-state index is -0.967. The molecule has 1 N–H and O–H groups in total. The van der Waals surface area contributed by atoms with E-state index in [-0.39, 0.29) is 12.0 Å². The lowest BCUT2D eigenvalue weighted by molar-refractivity contribution is -0.145. The van der Waals surface area contributed by atoms with Crippen LogP contribution >= 0.6 is 11.6 Å². The molecule has 1 aromatic rings. The lowest BCUT2D eigenvalue weighted by Crippen LogP contribution is -2.46. The fraction of sp³-hybridized carbons (Fsp3) is 0.474. The number of methoxy groups -OCH3 is 1. The van der Waals surface area contributed by atoms with E-state index >= 15 is 0 Å². The molecule has 0 radical (unpaired) electrons. The third kappa shape index (κ3) is 3.82. The van der Waals surface area contributed by atoms with Crippen molar-refractivity contribution in [2.45, 2.75) is 38.6 Å². The second-order valence-corrected chi connectivity index (χ2v) is 7.48. The number of rotatable bonds is 5. The summed E-state index contributed by atoms with van der Waals surface area (Å²) in [4.78, 5) is 51.4. The largest absolute Gasteiger partial charge is 0.495 e. The van der Waals surface area contributed by atoms with E-state index in [0.29, 0.717) is 27.8 Å². The number of amides is 5. The lowest BCUT2D eigenvalue weighted by Gasteiger charge is -2.34. The first-order chi connectivity index (χ1) is 13.3. The summed E-state index contributed by atoms with van der Waals surface area (Å²) in [6.07, 6.45) is 3.52. The number of hydrogen-bond acceptors (Lipinski definition) is 5. The van der Waals surface area contributed by atoms with Crippen molar-refractivity contribution in [3.63, 3.8) is 0 Å². The summed E-state index contributed by atoms with van der Waals surface area (Å²) in [6, 6.07) is 3.63. The summed E-state index contributed by atoms with van der Waals surface area (Å²) >= 11 is 6.02. The van der Waals surface area contributed by atoms with Gasteiger partial charge in [-0.25, -0.2) is 9.69 Å². The second kappa shape index (κ2) is 8.18. The Morgan fingerprint density at radius 3 is 2.57 bits per heavy atom. The Morgan fingerprint density at radius 2 is 1.93 bits per heavy atom. The molecule has 1 saturated carbocycles. The summed E-state index contributed by atoms with van der Waals surface area (Å²) in [5, 5.41) is 2.87. The van der Waals surface area contributed by atoms with Crippen molar-refractivity contribution in [2.75, 3.05) is 19.0 Å². The fourth-order valence-corrected chi connectivity index (χ4v) is 3.98. The van der Waals surface area contributed by atoms with E-state index in [0.717, 1.165) is 24.2 Å². The molecule has 28 heavy (non-hydrogen) atoms. The SMILES string of the molecule is COc1ccc(NC(=O)CN2C(=O)C(=O)N([C@H]3CCCC[C@H]3C)C2=O)cc1Cl. The number of ether oxygens (including phenoxy) is 1. The molecule has 1 heterocycles. The van der Waals surface area contributed by atoms with Gasteiger partial charge in [-0.15, -0.1) is 0 Å². The number of imide groups is 2. The van der Waals surface area contributed by atoms with Crippen LogP contribution in [0.1, 0.15) is 32.6 Å². The van der Waals surface area contributed by atoms with Gasteiger partial charge in [-0.3, -0.25) is 19.3 Å². The van der Waals surface area contributed by atoms with Gasteiger partial charge in [-0.1, -0.05) is 31.4 Å². The minimum Gasteiger partial charge on any atom is -0.495 e. The van der Waals surface area contributed by atoms with Gasteiger partial charge in [0, 0.05) is 11.7 Å². The highest BCUT2D eigenvalue weighted by molar-refractivity contribution is 6.45. The van der Waals surface area contributed by atoms with Crippen molar-refractivity contribution in [1.82, 2.24) is 9.80 Å². The van der Waals surface area contributed by atoms with Crippen molar-refractivity contribution in [3.05, 3.63) is 23.2 Å². The van der Waals surface area contributed by atoms with Crippen molar-refractivity contribution in [3.8, 4) is 5.75 Å². The summed E-state index contributed by atoms with van der Waals surface area (Å²) in [5.41, 5.74) is 0.388. The van der Waals surface area contributed by atoms with E-state index < -0.39 is 30.3 Å². The molecule has 1 aromatic carbocycles. The highest BCUT2D eigenvalue weighted by Gasteiger charge is 2.49. The van der Waals surface area contributed by atoms with Gasteiger partial charge in [0.15, 0.2) is 0 Å². The molecule has 150 valence electrons. The minimum absolute atomic E-state index is 0.129. The maximum absolute atomic E-state index is 12.7. The molecule has 2 atom stereocenters. The first kappa shape index (κ1) is 20.1. The molecule has 3 rings (SSSR count). The van der Waals surface area contributed by atoms with Crippen LogP contribution in [0.4, 0.5) is 10.5 Å². The molecular weight excluding hydrogens is 386 g/mol. The Hall–Kier alpha value is -2.61. The zero-order chi connectivity index (χ0) is 20.4. The van der Waals surface area contributed by atoms with Crippen LogP contribution in [-0.4, -0.2) is 53.2 Å². The Balaban J connectivity index is 1.69. The van der Waals surface area contributed by atoms with Crippen LogP contribution in [0.2, 0.25) is 5.02 Å². The molecule has 2 aliphatic rings. The average Bonchev–Trinajstić information content (AvgIpc) is 2.86. The fourth-order valence-electron chi connectivity index (χ4n) is 3.72. The summed E-state index contributed by atoms with van der Waals surface area (Å²) in [7, 11) is 1.47. The van der Waals surface area contributed by atoms with Gasteiger partial charge in [-0.05, 0) is 37.0 Å². The first-order valence-corrected chi connectivity index (χ1v) is 9.53. The second-order valence-electron chi connectivity index (χ2n) is 7.08. The van der Waals surface area contributed by atoms with Crippen molar-refractivity contribution >= 4 is 41.0 Å². The zero-order valence-electron chi connectivity index (χ0n) is 15.7. The molecule has 0 aromatic heterocycles. The standard InChI is InChI=1S/C19H22ClN3O5/c1-11-5-3-4-6-14(11)23-18(26)17(25)22(19(23)27)10-16(24)21-12-7-8-15(28-2)13(20)9-12/h7-9,11,14H,3-6,10H2,1-2H3,(H,21,24)/t11-,14+/m1/s1. The van der Waals surface area contributed by atoms with E-state index in [4.69, 9.17) is 16.3 Å². The summed E-state index contributed by atoms with van der Waals surface area (Å²) < 4.78 is 5.05. The number of hydrogen-bond donors (Lipinski definition) is 1. The highest BCUT2D eigenvalue weighted by Crippen LogP contribution is 2.31. The Kier molecular flexibility index (Phi) is 5.88. The monoisotopic (exact) mass is 407 g/mol. The number of anilines is 1. The Morgan fingerprint density at radius 1 is 1.21 bits per heavy atom. The number of nitrogens with zero attached hydrogens (tertiary/aromatic N) is 2. The van der Waals surface area contributed by atoms with E-state index in [1.54, 1.807) is 12.1 Å². The number of carbonyl (C=O) groups excluding carboxylic acids is 4. The van der Waals surface area contributed by atoms with E-state index in [2.05, 4.69) is 5.32 Å². The topological polar surface area (TPSA) is 96.0 Å². The average molecular weight is 408 g/mol. The van der Waals surface area contributed by atoms with Gasteiger partial charge < -0.3 is 10.1 Å². The molecule has 1 saturated heterocycles. The van der Waals surface area contributed by atoms with Gasteiger partial charge in [0.25, 0.3) is 0 Å². The summed E-state index contributed by atoms with van der Waals surface area (Å²) in [6.45, 7) is 1.43. The molecule has 5 amide bonds. The van der Waals surface area contributed by atoms with Gasteiger partial charge in [0.1, 0.15) is 12.3 Å². The van der Waals surface area contributed by atoms with E-state index in [1.165, 1.54) is 13.2 Å². The van der Waals surface area contributed by atoms with Crippen molar-refractivity contribution in [2.24, 2.45) is 5.92 Å². The van der Waals surface area contributed by atoms with Crippen molar-refractivity contribution in [1.29, 1.82) is 0 Å². The molecule has 0 spiro atoms. The normalized spacial score (nSPS) is 22.6. The number of benzene rings is 1. The van der Waals surface area contributed by atoms with Gasteiger partial charge >= 0.3 is 17.8 Å². The van der Waals surface area contributed by atoms with Crippen LogP contribution in [-0.2, 0) is 14.4 Å². The molecule has 9 heteroatoms. The quantitative estimate of drug-likeness (QED) is 0.598. The molecule has 2 fully saturated rings. The lowest BCUT2D eigenvalue weighted by atomic mass is 9.85. The van der Waals surface area contributed by atoms with Gasteiger partial charge in [0.05, 0.1) is 12.1 Å². The van der Waals surface area contributed by atoms with Crippen LogP contribution in [0.3, 0.4) is 0 Å². The van der Waals surface area contributed by atoms with E-state index in [9.17, 15) is 19.2 Å². The van der Waals surface area contributed by atoms with Crippen LogP contribution in [0, 0.1) is 5.92 Å².